The zero-order valence-corrected chi connectivity index (χ0v) is 22.9. The topological polar surface area (TPSA) is 176 Å². The number of aromatic hydroxyl groups is 2. The van der Waals surface area contributed by atoms with Gasteiger partial charge in [0.15, 0.2) is 0 Å². The Hall–Kier alpha value is -3.96. The van der Waals surface area contributed by atoms with Crippen LogP contribution in [-0.2, 0) is 45.1 Å². The smallest absolute Gasteiger partial charge is 0.317 e. The van der Waals surface area contributed by atoms with Crippen molar-refractivity contribution >= 4 is 23.7 Å². The summed E-state index contributed by atoms with van der Waals surface area (Å²) in [6.07, 6.45) is 1.01. The van der Waals surface area contributed by atoms with Crippen LogP contribution in [0, 0.1) is 5.92 Å². The normalized spacial score (nSPS) is 11.3. The number of aliphatic carboxylic acids is 3. The number of rotatable bonds is 18. The van der Waals surface area contributed by atoms with Crippen molar-refractivity contribution in [3.8, 4) is 11.5 Å². The van der Waals surface area contributed by atoms with Crippen molar-refractivity contribution in [2.45, 2.75) is 52.6 Å². The van der Waals surface area contributed by atoms with Crippen LogP contribution in [0.15, 0.2) is 36.4 Å². The Labute approximate surface area is 233 Å². The molecule has 0 spiro atoms. The van der Waals surface area contributed by atoms with E-state index >= 15 is 0 Å². The van der Waals surface area contributed by atoms with Gasteiger partial charge < -0.3 is 25.5 Å². The van der Waals surface area contributed by atoms with Crippen LogP contribution in [0.3, 0.4) is 0 Å². The van der Waals surface area contributed by atoms with Gasteiger partial charge in [0.2, 0.25) is 0 Å². The molecule has 0 amide bonds. The lowest BCUT2D eigenvalue weighted by atomic mass is 9.99. The third-order valence-corrected chi connectivity index (χ3v) is 6.46. The van der Waals surface area contributed by atoms with Crippen molar-refractivity contribution in [1.82, 2.24) is 9.80 Å². The number of ketones is 1. The van der Waals surface area contributed by atoms with Gasteiger partial charge in [0.1, 0.15) is 17.3 Å². The molecule has 0 saturated carbocycles. The van der Waals surface area contributed by atoms with Crippen LogP contribution in [0.1, 0.15) is 48.9 Å². The molecule has 11 heteroatoms. The first-order chi connectivity index (χ1) is 18.8. The molecule has 5 N–H and O–H groups in total. The van der Waals surface area contributed by atoms with E-state index in [9.17, 15) is 39.6 Å². The molecule has 0 radical (unpaired) electrons. The molecular formula is C29H38N2O9. The van der Waals surface area contributed by atoms with Crippen LogP contribution in [-0.4, -0.2) is 85.2 Å². The van der Waals surface area contributed by atoms with Crippen LogP contribution < -0.4 is 0 Å². The van der Waals surface area contributed by atoms with Gasteiger partial charge in [0.05, 0.1) is 13.1 Å². The third-order valence-electron chi connectivity index (χ3n) is 6.46. The molecule has 0 unspecified atom stereocenters. The SMILES string of the molecule is CC(C)C(=O)CCc1ccc(O)c(CN(CCN(CC(=O)O)Cc2cc(CCC(=O)O)ccc2O)CC(=O)O)c1. The Morgan fingerprint density at radius 1 is 0.675 bits per heavy atom. The number of benzene rings is 2. The van der Waals surface area contributed by atoms with E-state index in [0.717, 1.165) is 5.56 Å². The number of aryl methyl sites for hydroxylation is 2. The minimum absolute atomic E-state index is 0.0141. The summed E-state index contributed by atoms with van der Waals surface area (Å²) in [5, 5.41) is 48.6. The maximum Gasteiger partial charge on any atom is 0.317 e. The van der Waals surface area contributed by atoms with Crippen LogP contribution in [0.5, 0.6) is 11.5 Å². The summed E-state index contributed by atoms with van der Waals surface area (Å²) >= 11 is 0. The number of phenolic OH excluding ortho intramolecular Hbond substituents is 2. The predicted octanol–water partition coefficient (Wildman–Crippen LogP) is 2.75. The van der Waals surface area contributed by atoms with E-state index in [1.54, 1.807) is 34.1 Å². The molecule has 218 valence electrons. The first-order valence-corrected chi connectivity index (χ1v) is 13.1. The number of hydrogen-bond donors (Lipinski definition) is 5. The lowest BCUT2D eigenvalue weighted by Crippen LogP contribution is -2.39. The molecule has 0 bridgehead atoms. The summed E-state index contributed by atoms with van der Waals surface area (Å²) in [6, 6.07) is 9.66. The molecule has 2 aromatic rings. The Kier molecular flexibility index (Phi) is 12.6. The van der Waals surface area contributed by atoms with Gasteiger partial charge in [-0.15, -0.1) is 0 Å². The number of carboxylic acids is 3. The minimum Gasteiger partial charge on any atom is -0.508 e. The predicted molar refractivity (Wildman–Crippen MR) is 146 cm³/mol. The van der Waals surface area contributed by atoms with Crippen molar-refractivity contribution in [1.29, 1.82) is 0 Å². The second kappa shape index (κ2) is 15.6. The van der Waals surface area contributed by atoms with Crippen LogP contribution in [0.25, 0.3) is 0 Å². The number of nitrogens with zero attached hydrogens (tertiary/aromatic N) is 2. The number of Topliss-reactive ketones (excluding diaryl/α,β-unsaturated/α-hetero) is 1. The Balaban J connectivity index is 2.16. The maximum atomic E-state index is 12.0. The minimum atomic E-state index is -1.10. The summed E-state index contributed by atoms with van der Waals surface area (Å²) in [4.78, 5) is 49.1. The highest BCUT2D eigenvalue weighted by molar-refractivity contribution is 5.80. The van der Waals surface area contributed by atoms with Crippen molar-refractivity contribution in [2.75, 3.05) is 26.2 Å². The average molecular weight is 559 g/mol. The molecule has 2 aromatic carbocycles. The van der Waals surface area contributed by atoms with E-state index in [-0.39, 0.29) is 75.3 Å². The highest BCUT2D eigenvalue weighted by atomic mass is 16.4. The highest BCUT2D eigenvalue weighted by Gasteiger charge is 2.18. The van der Waals surface area contributed by atoms with Crippen LogP contribution in [0.4, 0.5) is 0 Å². The number of hydrogen-bond acceptors (Lipinski definition) is 8. The number of carboxylic acid groups (broad SMARTS) is 3. The summed E-state index contributed by atoms with van der Waals surface area (Å²) in [6.45, 7) is 3.36. The van der Waals surface area contributed by atoms with Crippen LogP contribution in [0.2, 0.25) is 0 Å². The van der Waals surface area contributed by atoms with Gasteiger partial charge in [0, 0.05) is 56.1 Å². The number of carbonyl (C=O) groups is 4. The lowest BCUT2D eigenvalue weighted by molar-refractivity contribution is -0.140. The standard InChI is InChI=1S/C29H38N2O9/c1-19(2)24(32)7-3-20-4-8-25(33)22(13-20)15-30(17-28(37)38)11-12-31(18-29(39)40)16-23-14-21(5-9-26(23)34)6-10-27(35)36/h4-5,8-9,13-14,19,33-34H,3,6-7,10-12,15-18H2,1-2H3,(H,35,36)(H,37,38)(H,39,40). The molecule has 0 aliphatic carbocycles. The second-order valence-corrected chi connectivity index (χ2v) is 10.1. The van der Waals surface area contributed by atoms with Gasteiger partial charge in [0.25, 0.3) is 0 Å². The third kappa shape index (κ3) is 11.4. The molecule has 0 saturated heterocycles. The second-order valence-electron chi connectivity index (χ2n) is 10.1. The van der Waals surface area contributed by atoms with E-state index in [1.165, 1.54) is 12.1 Å². The molecule has 0 aliphatic heterocycles. The molecule has 2 rings (SSSR count). The molecule has 0 fully saturated rings. The van der Waals surface area contributed by atoms with Gasteiger partial charge in [-0.3, -0.25) is 29.0 Å². The van der Waals surface area contributed by atoms with Crippen molar-refractivity contribution in [3.63, 3.8) is 0 Å². The first-order valence-electron chi connectivity index (χ1n) is 13.1. The Morgan fingerprint density at radius 2 is 1.10 bits per heavy atom. The zero-order valence-electron chi connectivity index (χ0n) is 22.9. The summed E-state index contributed by atoms with van der Waals surface area (Å²) in [5.74, 6) is -3.18. The molecule has 40 heavy (non-hydrogen) atoms. The summed E-state index contributed by atoms with van der Waals surface area (Å²) in [5.41, 5.74) is 2.44. The van der Waals surface area contributed by atoms with Gasteiger partial charge >= 0.3 is 17.9 Å². The quantitative estimate of drug-likeness (QED) is 0.182. The highest BCUT2D eigenvalue weighted by Crippen LogP contribution is 2.23. The largest absolute Gasteiger partial charge is 0.508 e. The van der Waals surface area contributed by atoms with E-state index in [1.807, 2.05) is 13.8 Å². The molecule has 11 nitrogen and oxygen atoms in total. The molecule has 0 aromatic heterocycles. The number of carbonyl (C=O) groups excluding carboxylic acids is 1. The fraction of sp³-hybridized carbons (Fsp3) is 0.448. The van der Waals surface area contributed by atoms with Crippen LogP contribution >= 0.6 is 0 Å². The Morgan fingerprint density at radius 3 is 1.48 bits per heavy atom. The molecule has 0 heterocycles. The maximum absolute atomic E-state index is 12.0. The fourth-order valence-electron chi connectivity index (χ4n) is 4.22. The fourth-order valence-corrected chi connectivity index (χ4v) is 4.22. The zero-order chi connectivity index (χ0) is 29.8. The van der Waals surface area contributed by atoms with Gasteiger partial charge in [-0.05, 0) is 36.1 Å². The number of phenols is 2. The van der Waals surface area contributed by atoms with Gasteiger partial charge in [-0.2, -0.15) is 0 Å². The van der Waals surface area contributed by atoms with E-state index in [0.29, 0.717) is 29.5 Å². The van der Waals surface area contributed by atoms with Crippen molar-refractivity contribution < 1.29 is 44.7 Å². The first kappa shape index (κ1) is 32.3. The average Bonchev–Trinajstić information content (AvgIpc) is 2.86. The summed E-state index contributed by atoms with van der Waals surface area (Å²) < 4.78 is 0. The Bertz CT molecular complexity index is 1200. The van der Waals surface area contributed by atoms with E-state index in [4.69, 9.17) is 5.11 Å². The van der Waals surface area contributed by atoms with Crippen molar-refractivity contribution in [3.05, 3.63) is 58.7 Å². The van der Waals surface area contributed by atoms with Crippen molar-refractivity contribution in [2.24, 2.45) is 5.92 Å². The van der Waals surface area contributed by atoms with E-state index in [2.05, 4.69) is 0 Å². The van der Waals surface area contributed by atoms with E-state index < -0.39 is 17.9 Å². The monoisotopic (exact) mass is 558 g/mol. The van der Waals surface area contributed by atoms with Gasteiger partial charge in [-0.25, -0.2) is 0 Å². The molecule has 0 aliphatic rings. The summed E-state index contributed by atoms with van der Waals surface area (Å²) in [7, 11) is 0. The lowest BCUT2D eigenvalue weighted by Gasteiger charge is -2.26. The molecular weight excluding hydrogens is 520 g/mol. The molecule has 0 atom stereocenters. The van der Waals surface area contributed by atoms with Gasteiger partial charge in [-0.1, -0.05) is 38.1 Å².